The standard InChI is InChI=1S/C27H27FN4O5/c1-2-36-24-16-19(12-13-23(24)37-18-27(35)31-22-11-7-6-10-21(22)28)17-29-32-26(34)15-14-25(33)30-20-8-4-3-5-9-20/h3-13,16-17H,2,14-15,18H2,1H3,(H,30,33)(H,31,35)(H,32,34). The number of rotatable bonds is 12. The molecule has 9 nitrogen and oxygen atoms in total. The van der Waals surface area contributed by atoms with Crippen LogP contribution >= 0.6 is 0 Å². The average Bonchev–Trinajstić information content (AvgIpc) is 2.89. The molecular formula is C27H27FN4O5. The van der Waals surface area contributed by atoms with Gasteiger partial charge in [0, 0.05) is 18.5 Å². The molecule has 0 unspecified atom stereocenters. The summed E-state index contributed by atoms with van der Waals surface area (Å²) in [4.78, 5) is 36.1. The highest BCUT2D eigenvalue weighted by atomic mass is 19.1. The lowest BCUT2D eigenvalue weighted by Gasteiger charge is -2.13. The highest BCUT2D eigenvalue weighted by Crippen LogP contribution is 2.28. The molecule has 0 spiro atoms. The molecule has 10 heteroatoms. The highest BCUT2D eigenvalue weighted by molar-refractivity contribution is 5.93. The number of amides is 3. The number of hydrogen-bond acceptors (Lipinski definition) is 6. The second kappa shape index (κ2) is 14.0. The summed E-state index contributed by atoms with van der Waals surface area (Å²) in [5, 5.41) is 9.07. The van der Waals surface area contributed by atoms with Gasteiger partial charge in [-0.3, -0.25) is 14.4 Å². The summed E-state index contributed by atoms with van der Waals surface area (Å²) in [6, 6.07) is 19.7. The van der Waals surface area contributed by atoms with Crippen molar-refractivity contribution in [3.8, 4) is 11.5 Å². The van der Waals surface area contributed by atoms with Crippen LogP contribution in [-0.2, 0) is 14.4 Å². The molecule has 0 saturated carbocycles. The number of hydrogen-bond donors (Lipinski definition) is 3. The lowest BCUT2D eigenvalue weighted by atomic mass is 10.2. The van der Waals surface area contributed by atoms with Crippen molar-refractivity contribution in [3.05, 3.63) is 84.2 Å². The van der Waals surface area contributed by atoms with Crippen LogP contribution in [0, 0.1) is 5.82 Å². The number of halogens is 1. The van der Waals surface area contributed by atoms with Gasteiger partial charge in [0.05, 0.1) is 18.5 Å². The number of carbonyl (C=O) groups excluding carboxylic acids is 3. The number of nitrogens with one attached hydrogen (secondary N) is 3. The second-order valence-electron chi connectivity index (χ2n) is 7.66. The van der Waals surface area contributed by atoms with Crippen LogP contribution in [0.5, 0.6) is 11.5 Å². The molecule has 3 amide bonds. The van der Waals surface area contributed by atoms with Crippen molar-refractivity contribution >= 4 is 35.3 Å². The Hall–Kier alpha value is -4.73. The zero-order valence-corrected chi connectivity index (χ0v) is 20.2. The van der Waals surface area contributed by atoms with Crippen molar-refractivity contribution in [2.45, 2.75) is 19.8 Å². The maximum atomic E-state index is 13.7. The largest absolute Gasteiger partial charge is 0.490 e. The van der Waals surface area contributed by atoms with Gasteiger partial charge in [-0.15, -0.1) is 0 Å². The first kappa shape index (κ1) is 26.9. The minimum atomic E-state index is -0.544. The van der Waals surface area contributed by atoms with Crippen LogP contribution in [-0.4, -0.2) is 37.1 Å². The number of hydrazone groups is 1. The number of nitrogens with zero attached hydrogens (tertiary/aromatic N) is 1. The minimum Gasteiger partial charge on any atom is -0.490 e. The van der Waals surface area contributed by atoms with E-state index in [1.165, 1.54) is 24.4 Å². The van der Waals surface area contributed by atoms with Gasteiger partial charge in [-0.1, -0.05) is 30.3 Å². The fraction of sp³-hybridized carbons (Fsp3) is 0.185. The Kier molecular flexibility index (Phi) is 10.2. The smallest absolute Gasteiger partial charge is 0.262 e. The molecule has 192 valence electrons. The van der Waals surface area contributed by atoms with Crippen LogP contribution in [0.15, 0.2) is 77.9 Å². The first-order valence-electron chi connectivity index (χ1n) is 11.6. The quantitative estimate of drug-likeness (QED) is 0.252. The minimum absolute atomic E-state index is 0.0151. The number of para-hydroxylation sites is 2. The van der Waals surface area contributed by atoms with Gasteiger partial charge in [-0.2, -0.15) is 5.10 Å². The Morgan fingerprint density at radius 1 is 0.838 bits per heavy atom. The van der Waals surface area contributed by atoms with Gasteiger partial charge in [0.15, 0.2) is 18.1 Å². The van der Waals surface area contributed by atoms with Crippen molar-refractivity contribution < 1.29 is 28.2 Å². The average molecular weight is 507 g/mol. The zero-order valence-electron chi connectivity index (χ0n) is 20.2. The van der Waals surface area contributed by atoms with E-state index in [2.05, 4.69) is 21.2 Å². The Balaban J connectivity index is 1.48. The van der Waals surface area contributed by atoms with Gasteiger partial charge in [0.1, 0.15) is 5.82 Å². The normalized spacial score (nSPS) is 10.5. The molecule has 3 rings (SSSR count). The summed E-state index contributed by atoms with van der Waals surface area (Å²) in [7, 11) is 0. The van der Waals surface area contributed by atoms with E-state index >= 15 is 0 Å². The molecule has 0 bridgehead atoms. The van der Waals surface area contributed by atoms with E-state index in [9.17, 15) is 18.8 Å². The van der Waals surface area contributed by atoms with Gasteiger partial charge in [0.25, 0.3) is 5.91 Å². The predicted molar refractivity (Wildman–Crippen MR) is 138 cm³/mol. The summed E-state index contributed by atoms with van der Waals surface area (Å²) in [6.45, 7) is 1.79. The van der Waals surface area contributed by atoms with E-state index < -0.39 is 17.6 Å². The molecule has 0 fully saturated rings. The van der Waals surface area contributed by atoms with Gasteiger partial charge < -0.3 is 20.1 Å². The topological polar surface area (TPSA) is 118 Å². The van der Waals surface area contributed by atoms with E-state index in [0.29, 0.717) is 29.4 Å². The fourth-order valence-corrected chi connectivity index (χ4v) is 3.09. The summed E-state index contributed by atoms with van der Waals surface area (Å²) in [5.74, 6) is -1.07. The molecule has 0 aliphatic rings. The first-order valence-corrected chi connectivity index (χ1v) is 11.6. The SMILES string of the molecule is CCOc1cc(C=NNC(=O)CCC(=O)Nc2ccccc2)ccc1OCC(=O)Nc1ccccc1F. The van der Waals surface area contributed by atoms with Crippen LogP contribution in [0.25, 0.3) is 0 Å². The van der Waals surface area contributed by atoms with Crippen molar-refractivity contribution in [3.63, 3.8) is 0 Å². The van der Waals surface area contributed by atoms with Crippen LogP contribution in [0.1, 0.15) is 25.3 Å². The third-order valence-corrected chi connectivity index (χ3v) is 4.81. The van der Waals surface area contributed by atoms with Crippen LogP contribution in [0.2, 0.25) is 0 Å². The fourth-order valence-electron chi connectivity index (χ4n) is 3.09. The number of ether oxygens (including phenoxy) is 2. The first-order chi connectivity index (χ1) is 17.9. The maximum Gasteiger partial charge on any atom is 0.262 e. The van der Waals surface area contributed by atoms with Crippen LogP contribution in [0.4, 0.5) is 15.8 Å². The van der Waals surface area contributed by atoms with Gasteiger partial charge in [-0.25, -0.2) is 9.82 Å². The molecule has 0 radical (unpaired) electrons. The van der Waals surface area contributed by atoms with Gasteiger partial charge >= 0.3 is 0 Å². The van der Waals surface area contributed by atoms with E-state index in [-0.39, 0.29) is 31.0 Å². The molecule has 0 saturated heterocycles. The van der Waals surface area contributed by atoms with Crippen molar-refractivity contribution in [2.24, 2.45) is 5.10 Å². The predicted octanol–water partition coefficient (Wildman–Crippen LogP) is 4.11. The molecular weight excluding hydrogens is 479 g/mol. The third-order valence-electron chi connectivity index (χ3n) is 4.81. The molecule has 0 aliphatic heterocycles. The van der Waals surface area contributed by atoms with E-state index in [1.807, 2.05) is 6.07 Å². The van der Waals surface area contributed by atoms with E-state index in [1.54, 1.807) is 55.5 Å². The summed E-state index contributed by atoms with van der Waals surface area (Å²) < 4.78 is 24.8. The second-order valence-corrected chi connectivity index (χ2v) is 7.66. The van der Waals surface area contributed by atoms with E-state index in [4.69, 9.17) is 9.47 Å². The Bertz CT molecular complexity index is 1250. The Labute approximate surface area is 213 Å². The Morgan fingerprint density at radius 3 is 2.32 bits per heavy atom. The van der Waals surface area contributed by atoms with E-state index in [0.717, 1.165) is 0 Å². The van der Waals surface area contributed by atoms with Crippen LogP contribution in [0.3, 0.4) is 0 Å². The number of benzene rings is 3. The molecule has 0 atom stereocenters. The summed E-state index contributed by atoms with van der Waals surface area (Å²) in [6.07, 6.45) is 1.41. The summed E-state index contributed by atoms with van der Waals surface area (Å²) >= 11 is 0. The molecule has 3 N–H and O–H groups in total. The highest BCUT2D eigenvalue weighted by Gasteiger charge is 2.11. The van der Waals surface area contributed by atoms with Crippen molar-refractivity contribution in [1.82, 2.24) is 5.43 Å². The van der Waals surface area contributed by atoms with Crippen LogP contribution < -0.4 is 25.5 Å². The molecule has 37 heavy (non-hydrogen) atoms. The molecule has 3 aromatic carbocycles. The monoisotopic (exact) mass is 506 g/mol. The lowest BCUT2D eigenvalue weighted by molar-refractivity contribution is -0.124. The molecule has 0 aromatic heterocycles. The molecule has 3 aromatic rings. The third kappa shape index (κ3) is 9.10. The van der Waals surface area contributed by atoms with Crippen molar-refractivity contribution in [2.75, 3.05) is 23.8 Å². The molecule has 0 aliphatic carbocycles. The number of anilines is 2. The van der Waals surface area contributed by atoms with Gasteiger partial charge in [0.2, 0.25) is 11.8 Å². The Morgan fingerprint density at radius 2 is 1.57 bits per heavy atom. The number of carbonyl (C=O) groups is 3. The maximum absolute atomic E-state index is 13.7. The molecule has 0 heterocycles. The van der Waals surface area contributed by atoms with Gasteiger partial charge in [-0.05, 0) is 55.0 Å². The lowest BCUT2D eigenvalue weighted by Crippen LogP contribution is -2.21. The zero-order chi connectivity index (χ0) is 26.5. The van der Waals surface area contributed by atoms with Crippen molar-refractivity contribution in [1.29, 1.82) is 0 Å². The summed E-state index contributed by atoms with van der Waals surface area (Å²) in [5.41, 5.74) is 3.71.